The summed E-state index contributed by atoms with van der Waals surface area (Å²) in [5, 5.41) is 2.36. The van der Waals surface area contributed by atoms with E-state index in [2.05, 4.69) is 41.3 Å². The molecular weight excluding hydrogens is 400 g/mol. The first kappa shape index (κ1) is 20.5. The zero-order chi connectivity index (χ0) is 19.6. The molecular formula is C24H24ClN2O3-. The molecule has 0 aliphatic carbocycles. The highest BCUT2D eigenvalue weighted by atomic mass is 35.5. The van der Waals surface area contributed by atoms with Crippen molar-refractivity contribution in [3.05, 3.63) is 71.8 Å². The minimum absolute atomic E-state index is 0. The van der Waals surface area contributed by atoms with E-state index in [1.165, 1.54) is 16.3 Å². The molecule has 1 fully saturated rings. The number of hydrogen-bond acceptors (Lipinski definition) is 4. The second-order valence-electron chi connectivity index (χ2n) is 7.66. The van der Waals surface area contributed by atoms with Crippen LogP contribution in [0, 0.1) is 0 Å². The molecule has 1 amide bonds. The van der Waals surface area contributed by atoms with Gasteiger partial charge < -0.3 is 26.8 Å². The van der Waals surface area contributed by atoms with Gasteiger partial charge in [0.15, 0.2) is 11.5 Å². The molecule has 0 unspecified atom stereocenters. The van der Waals surface area contributed by atoms with Crippen LogP contribution in [0.3, 0.4) is 0 Å². The molecule has 0 bridgehead atoms. The molecule has 6 heteroatoms. The van der Waals surface area contributed by atoms with Crippen molar-refractivity contribution >= 4 is 16.7 Å². The van der Waals surface area contributed by atoms with Gasteiger partial charge >= 0.3 is 0 Å². The van der Waals surface area contributed by atoms with E-state index >= 15 is 0 Å². The molecule has 1 saturated heterocycles. The van der Waals surface area contributed by atoms with E-state index in [1.807, 2.05) is 29.2 Å². The lowest BCUT2D eigenvalue weighted by Gasteiger charge is -2.35. The fourth-order valence-corrected chi connectivity index (χ4v) is 4.17. The van der Waals surface area contributed by atoms with Gasteiger partial charge in [0.2, 0.25) is 12.7 Å². The minimum atomic E-state index is 0. The monoisotopic (exact) mass is 423 g/mol. The van der Waals surface area contributed by atoms with Crippen molar-refractivity contribution in [2.45, 2.75) is 13.0 Å². The molecule has 3 aromatic carbocycles. The van der Waals surface area contributed by atoms with Crippen LogP contribution in [0.15, 0.2) is 60.7 Å². The maximum Gasteiger partial charge on any atom is 0.231 e. The predicted octanol–water partition coefficient (Wildman–Crippen LogP) is 0.459. The van der Waals surface area contributed by atoms with Crippen LogP contribution in [0.25, 0.3) is 10.8 Å². The second kappa shape index (κ2) is 8.94. The summed E-state index contributed by atoms with van der Waals surface area (Å²) in [6.45, 7) is 4.48. The Bertz CT molecular complexity index is 1040. The quantitative estimate of drug-likeness (QED) is 0.611. The third kappa shape index (κ3) is 4.23. The first-order chi connectivity index (χ1) is 14.3. The highest BCUT2D eigenvalue weighted by Gasteiger charge is 2.22. The molecule has 3 aromatic rings. The van der Waals surface area contributed by atoms with Gasteiger partial charge in [-0.15, -0.1) is 0 Å². The zero-order valence-corrected chi connectivity index (χ0v) is 17.5. The van der Waals surface area contributed by atoms with Crippen LogP contribution < -0.4 is 21.9 Å². The van der Waals surface area contributed by atoms with Gasteiger partial charge in [-0.3, -0.25) is 9.69 Å². The van der Waals surface area contributed by atoms with Crippen LogP contribution in [-0.4, -0.2) is 48.7 Å². The lowest BCUT2D eigenvalue weighted by molar-refractivity contribution is -0.132. The Morgan fingerprint density at radius 3 is 2.50 bits per heavy atom. The predicted molar refractivity (Wildman–Crippen MR) is 112 cm³/mol. The number of ether oxygens (including phenoxy) is 2. The molecule has 5 nitrogen and oxygen atoms in total. The Kier molecular flexibility index (Phi) is 6.11. The number of piperazine rings is 1. The van der Waals surface area contributed by atoms with E-state index in [4.69, 9.17) is 9.47 Å². The Hall–Kier alpha value is -2.76. The average Bonchev–Trinajstić information content (AvgIpc) is 3.22. The van der Waals surface area contributed by atoms with E-state index in [0.29, 0.717) is 13.2 Å². The largest absolute Gasteiger partial charge is 1.00 e. The Labute approximate surface area is 182 Å². The molecule has 5 rings (SSSR count). The molecule has 0 aromatic heterocycles. The van der Waals surface area contributed by atoms with E-state index < -0.39 is 0 Å². The molecule has 2 aliphatic rings. The molecule has 2 heterocycles. The Morgan fingerprint density at radius 2 is 1.63 bits per heavy atom. The topological polar surface area (TPSA) is 42.0 Å². The van der Waals surface area contributed by atoms with E-state index in [0.717, 1.165) is 49.8 Å². The number of halogens is 1. The molecule has 0 atom stereocenters. The van der Waals surface area contributed by atoms with Crippen molar-refractivity contribution in [3.8, 4) is 11.5 Å². The maximum atomic E-state index is 12.9. The fraction of sp³-hybridized carbons (Fsp3) is 0.292. The summed E-state index contributed by atoms with van der Waals surface area (Å²) in [4.78, 5) is 17.3. The van der Waals surface area contributed by atoms with Gasteiger partial charge in [0.25, 0.3) is 0 Å². The summed E-state index contributed by atoms with van der Waals surface area (Å²) in [7, 11) is 0. The van der Waals surface area contributed by atoms with Gasteiger partial charge in [-0.2, -0.15) is 0 Å². The van der Waals surface area contributed by atoms with Gasteiger partial charge in [0, 0.05) is 32.7 Å². The minimum Gasteiger partial charge on any atom is -1.00 e. The molecule has 30 heavy (non-hydrogen) atoms. The van der Waals surface area contributed by atoms with Crippen molar-refractivity contribution in [3.63, 3.8) is 0 Å². The number of fused-ring (bicyclic) bond motifs is 2. The zero-order valence-electron chi connectivity index (χ0n) is 16.7. The summed E-state index contributed by atoms with van der Waals surface area (Å²) < 4.78 is 10.8. The number of hydrogen-bond donors (Lipinski definition) is 0. The molecule has 0 saturated carbocycles. The van der Waals surface area contributed by atoms with Crippen molar-refractivity contribution in [2.24, 2.45) is 0 Å². The van der Waals surface area contributed by atoms with Gasteiger partial charge in [-0.25, -0.2) is 0 Å². The molecule has 156 valence electrons. The Morgan fingerprint density at radius 1 is 0.867 bits per heavy atom. The lowest BCUT2D eigenvalue weighted by atomic mass is 10.0. The van der Waals surface area contributed by atoms with E-state index in [1.54, 1.807) is 0 Å². The average molecular weight is 424 g/mol. The first-order valence-corrected chi connectivity index (χ1v) is 10.1. The van der Waals surface area contributed by atoms with Gasteiger partial charge in [0.1, 0.15) is 0 Å². The molecule has 2 aliphatic heterocycles. The number of carbonyl (C=O) groups excluding carboxylic acids is 1. The van der Waals surface area contributed by atoms with Crippen molar-refractivity contribution in [2.75, 3.05) is 33.0 Å². The normalized spacial score (nSPS) is 15.8. The summed E-state index contributed by atoms with van der Waals surface area (Å²) in [6, 6.07) is 20.6. The van der Waals surface area contributed by atoms with Gasteiger partial charge in [-0.1, -0.05) is 48.5 Å². The van der Waals surface area contributed by atoms with Gasteiger partial charge in [-0.05, 0) is 34.0 Å². The number of nitrogens with zero attached hydrogens (tertiary/aromatic N) is 2. The third-order valence-corrected chi connectivity index (χ3v) is 5.79. The van der Waals surface area contributed by atoms with Crippen LogP contribution in [0.5, 0.6) is 11.5 Å². The molecule has 0 radical (unpaired) electrons. The Balaban J connectivity index is 0.00000218. The van der Waals surface area contributed by atoms with Crippen molar-refractivity contribution in [1.82, 2.24) is 9.80 Å². The standard InChI is InChI=1S/C24H24N2O3.ClH/c27-24(15-20-6-3-5-19-4-1-2-7-21(19)20)26-12-10-25(11-13-26)16-18-8-9-22-23(14-18)29-17-28-22;/h1-9,14H,10-13,15-17H2;1H/p-1. The maximum absolute atomic E-state index is 12.9. The van der Waals surface area contributed by atoms with E-state index in [9.17, 15) is 4.79 Å². The van der Waals surface area contributed by atoms with Crippen LogP contribution in [0.1, 0.15) is 11.1 Å². The summed E-state index contributed by atoms with van der Waals surface area (Å²) >= 11 is 0. The second-order valence-corrected chi connectivity index (χ2v) is 7.66. The van der Waals surface area contributed by atoms with Crippen LogP contribution in [-0.2, 0) is 17.8 Å². The first-order valence-electron chi connectivity index (χ1n) is 10.1. The smallest absolute Gasteiger partial charge is 0.231 e. The highest BCUT2D eigenvalue weighted by molar-refractivity contribution is 5.90. The van der Waals surface area contributed by atoms with Crippen molar-refractivity contribution in [1.29, 1.82) is 0 Å². The van der Waals surface area contributed by atoms with Crippen LogP contribution in [0.2, 0.25) is 0 Å². The summed E-state index contributed by atoms with van der Waals surface area (Å²) in [6.07, 6.45) is 0.462. The van der Waals surface area contributed by atoms with E-state index in [-0.39, 0.29) is 18.3 Å². The number of rotatable bonds is 4. The summed E-state index contributed by atoms with van der Waals surface area (Å²) in [5.74, 6) is 1.85. The number of benzene rings is 3. The van der Waals surface area contributed by atoms with Crippen LogP contribution in [0.4, 0.5) is 0 Å². The molecule has 0 N–H and O–H groups in total. The number of amides is 1. The van der Waals surface area contributed by atoms with Crippen LogP contribution >= 0.6 is 0 Å². The number of carbonyl (C=O) groups is 1. The summed E-state index contributed by atoms with van der Waals surface area (Å²) in [5.41, 5.74) is 2.32. The SMILES string of the molecule is O=C(Cc1cccc2ccccc12)N1CCN(Cc2ccc3c(c2)OCO3)CC1.[Cl-]. The third-order valence-electron chi connectivity index (χ3n) is 5.79. The lowest BCUT2D eigenvalue weighted by Crippen LogP contribution is -3.00. The highest BCUT2D eigenvalue weighted by Crippen LogP contribution is 2.32. The van der Waals surface area contributed by atoms with Crippen molar-refractivity contribution < 1.29 is 26.7 Å². The van der Waals surface area contributed by atoms with Gasteiger partial charge in [0.05, 0.1) is 6.42 Å². The molecule has 0 spiro atoms. The fourth-order valence-electron chi connectivity index (χ4n) is 4.17.